The van der Waals surface area contributed by atoms with Crippen LogP contribution >= 0.6 is 11.6 Å². The van der Waals surface area contributed by atoms with Crippen LogP contribution in [-0.2, 0) is 0 Å². The highest BCUT2D eigenvalue weighted by Crippen LogP contribution is 2.38. The Bertz CT molecular complexity index is 1780. The van der Waals surface area contributed by atoms with Gasteiger partial charge in [-0.25, -0.2) is 4.98 Å². The summed E-state index contributed by atoms with van der Waals surface area (Å²) in [5, 5.41) is 19.5. The largest absolute Gasteiger partial charge is 0.377 e. The van der Waals surface area contributed by atoms with Crippen LogP contribution in [0.25, 0.3) is 10.9 Å². The third kappa shape index (κ3) is 5.66. The molecule has 2 atom stereocenters. The molecule has 3 heterocycles. The number of terminal acetylenes is 1. The Labute approximate surface area is 250 Å². The van der Waals surface area contributed by atoms with Gasteiger partial charge in [-0.1, -0.05) is 48.0 Å². The summed E-state index contributed by atoms with van der Waals surface area (Å²) in [6.07, 6.45) is 13.4. The van der Waals surface area contributed by atoms with Crippen molar-refractivity contribution in [2.24, 2.45) is 0 Å². The minimum Gasteiger partial charge on any atom is -0.377 e. The van der Waals surface area contributed by atoms with Crippen LogP contribution < -0.4 is 21.6 Å². The zero-order chi connectivity index (χ0) is 30.0. The molecular formula is C32H28ClFN8. The van der Waals surface area contributed by atoms with Crippen LogP contribution in [0, 0.1) is 29.6 Å². The SMILES string of the molecule is [2H][C@@](Nc1cc(Cl)c2ncc(C#N)c(N[C@H](CCC#C)c3ccccc3)c2c1)(C1=CN(C2CC2)NN1)c1cccnc1F. The number of nitrogens with zero attached hydrogens (tertiary/aromatic N) is 4. The predicted molar refractivity (Wildman–Crippen MR) is 162 cm³/mol. The Hall–Kier alpha value is -4.83. The Morgan fingerprint density at radius 1 is 1.19 bits per heavy atom. The van der Waals surface area contributed by atoms with Crippen molar-refractivity contribution in [2.75, 3.05) is 10.6 Å². The fraction of sp³-hybridized carbons (Fsp3) is 0.219. The van der Waals surface area contributed by atoms with Gasteiger partial charge in [0.2, 0.25) is 5.95 Å². The number of hydrogen-bond acceptors (Lipinski definition) is 8. The number of aromatic nitrogens is 2. The lowest BCUT2D eigenvalue weighted by Gasteiger charge is -2.24. The molecule has 2 aromatic heterocycles. The summed E-state index contributed by atoms with van der Waals surface area (Å²) in [6.45, 7) is 0. The molecule has 6 rings (SSSR count). The number of anilines is 2. The Morgan fingerprint density at radius 3 is 2.76 bits per heavy atom. The fourth-order valence-corrected chi connectivity index (χ4v) is 5.25. The molecule has 2 aromatic carbocycles. The van der Waals surface area contributed by atoms with E-state index in [9.17, 15) is 6.63 Å². The van der Waals surface area contributed by atoms with Crippen molar-refractivity contribution in [3.8, 4) is 18.4 Å². The van der Waals surface area contributed by atoms with Crippen LogP contribution in [-0.4, -0.2) is 21.0 Å². The molecular weight excluding hydrogens is 551 g/mol. The summed E-state index contributed by atoms with van der Waals surface area (Å²) < 4.78 is 24.7. The second kappa shape index (κ2) is 12.0. The highest BCUT2D eigenvalue weighted by molar-refractivity contribution is 6.35. The molecule has 4 N–H and O–H groups in total. The first-order valence-corrected chi connectivity index (χ1v) is 14.0. The number of pyridine rings is 2. The zero-order valence-corrected chi connectivity index (χ0v) is 23.3. The molecule has 0 bridgehead atoms. The predicted octanol–water partition coefficient (Wildman–Crippen LogP) is 6.34. The van der Waals surface area contributed by atoms with Gasteiger partial charge in [-0.05, 0) is 43.0 Å². The zero-order valence-electron chi connectivity index (χ0n) is 23.5. The maximum absolute atomic E-state index is 15.2. The van der Waals surface area contributed by atoms with Gasteiger partial charge in [-0.3, -0.25) is 9.99 Å². The highest BCUT2D eigenvalue weighted by atomic mass is 35.5. The van der Waals surface area contributed by atoms with Crippen LogP contribution in [0.15, 0.2) is 78.9 Å². The summed E-state index contributed by atoms with van der Waals surface area (Å²) in [6, 6.07) is 16.9. The molecule has 1 saturated carbocycles. The smallest absolute Gasteiger partial charge is 0.218 e. The first-order valence-electron chi connectivity index (χ1n) is 14.1. The fourth-order valence-electron chi connectivity index (χ4n) is 4.98. The first kappa shape index (κ1) is 26.1. The van der Waals surface area contributed by atoms with Crippen molar-refractivity contribution < 1.29 is 5.76 Å². The average Bonchev–Trinajstić information content (AvgIpc) is 3.75. The van der Waals surface area contributed by atoms with Crippen LogP contribution in [0.2, 0.25) is 5.02 Å². The van der Waals surface area contributed by atoms with E-state index in [1.165, 1.54) is 18.5 Å². The molecule has 4 aromatic rings. The number of halogens is 2. The third-order valence-electron chi connectivity index (χ3n) is 7.24. The quantitative estimate of drug-likeness (QED) is 0.127. The van der Waals surface area contributed by atoms with Gasteiger partial charge >= 0.3 is 0 Å². The molecule has 8 nitrogen and oxygen atoms in total. The number of fused-ring (bicyclic) bond motifs is 1. The van der Waals surface area contributed by atoms with E-state index in [1.54, 1.807) is 24.4 Å². The average molecular weight is 580 g/mol. The van der Waals surface area contributed by atoms with E-state index >= 15 is 4.39 Å². The number of hydrogen-bond donors (Lipinski definition) is 4. The standard InChI is InChI=1S/C32H28ClFN8/c1-2-3-11-27(20-8-5-4-6-9-20)39-29-21(17-35)18-37-30-25(29)15-22(16-26(30)33)38-31(24-10-7-14-36-32(24)34)28-19-42(41-40-28)23-12-13-23/h1,4-10,14-16,18-19,23,27,31,38,40-41H,3,11-13H2,(H,37,39)/t27-,31+/m1/s1/i31D. The summed E-state index contributed by atoms with van der Waals surface area (Å²) in [4.78, 5) is 8.27. The van der Waals surface area contributed by atoms with E-state index in [0.29, 0.717) is 57.4 Å². The van der Waals surface area contributed by atoms with Gasteiger partial charge in [0.15, 0.2) is 0 Å². The van der Waals surface area contributed by atoms with E-state index < -0.39 is 12.0 Å². The van der Waals surface area contributed by atoms with E-state index in [-0.39, 0.29) is 11.6 Å². The molecule has 1 fully saturated rings. The maximum Gasteiger partial charge on any atom is 0.218 e. The van der Waals surface area contributed by atoms with E-state index in [2.05, 4.69) is 43.6 Å². The third-order valence-corrected chi connectivity index (χ3v) is 7.53. The Morgan fingerprint density at radius 2 is 2.02 bits per heavy atom. The summed E-state index contributed by atoms with van der Waals surface area (Å²) >= 11 is 6.77. The van der Waals surface area contributed by atoms with Crippen molar-refractivity contribution in [3.63, 3.8) is 0 Å². The van der Waals surface area contributed by atoms with Gasteiger partial charge in [-0.15, -0.1) is 17.9 Å². The monoisotopic (exact) mass is 579 g/mol. The summed E-state index contributed by atoms with van der Waals surface area (Å²) in [5.41, 5.74) is 9.25. The molecule has 0 saturated heterocycles. The molecule has 210 valence electrons. The van der Waals surface area contributed by atoms with E-state index in [1.807, 2.05) is 35.3 Å². The van der Waals surface area contributed by atoms with E-state index in [4.69, 9.17) is 18.0 Å². The molecule has 0 radical (unpaired) electrons. The number of hydrazine groups is 2. The van der Waals surface area contributed by atoms with Crippen molar-refractivity contribution in [1.82, 2.24) is 25.9 Å². The Balaban J connectivity index is 1.45. The first-order chi connectivity index (χ1) is 20.9. The van der Waals surface area contributed by atoms with Crippen LogP contribution in [0.4, 0.5) is 15.8 Å². The summed E-state index contributed by atoms with van der Waals surface area (Å²) in [5.74, 6) is 1.92. The molecule has 1 aliphatic carbocycles. The number of rotatable bonds is 10. The highest BCUT2D eigenvalue weighted by Gasteiger charge is 2.33. The van der Waals surface area contributed by atoms with Crippen LogP contribution in [0.5, 0.6) is 0 Å². The lowest BCUT2D eigenvalue weighted by Crippen LogP contribution is -2.38. The van der Waals surface area contributed by atoms with Gasteiger partial charge in [0.25, 0.3) is 0 Å². The van der Waals surface area contributed by atoms with Crippen molar-refractivity contribution in [2.45, 2.75) is 43.8 Å². The van der Waals surface area contributed by atoms with Crippen LogP contribution in [0.3, 0.4) is 0 Å². The van der Waals surface area contributed by atoms with Crippen LogP contribution in [0.1, 0.15) is 55.8 Å². The van der Waals surface area contributed by atoms with Crippen molar-refractivity contribution in [1.29, 1.82) is 5.26 Å². The van der Waals surface area contributed by atoms with Gasteiger partial charge in [0.05, 0.1) is 40.9 Å². The molecule has 0 unspecified atom stereocenters. The lowest BCUT2D eigenvalue weighted by atomic mass is 10.00. The molecule has 2 aliphatic rings. The number of nitrogens with one attached hydrogen (secondary N) is 4. The van der Waals surface area contributed by atoms with Crippen molar-refractivity contribution in [3.05, 3.63) is 107 Å². The second-order valence-electron chi connectivity index (χ2n) is 10.1. The van der Waals surface area contributed by atoms with E-state index in [0.717, 1.165) is 18.4 Å². The molecule has 1 aliphatic heterocycles. The molecule has 10 heteroatoms. The molecule has 0 spiro atoms. The normalized spacial score (nSPS) is 16.8. The number of benzene rings is 2. The number of nitriles is 1. The minimum atomic E-state index is -1.82. The summed E-state index contributed by atoms with van der Waals surface area (Å²) in [7, 11) is 0. The maximum atomic E-state index is 15.2. The second-order valence-corrected chi connectivity index (χ2v) is 10.5. The minimum absolute atomic E-state index is 0.0186. The van der Waals surface area contributed by atoms with Gasteiger partial charge in [0, 0.05) is 47.7 Å². The Kier molecular flexibility index (Phi) is 7.43. The molecule has 0 amide bonds. The molecule has 42 heavy (non-hydrogen) atoms. The van der Waals surface area contributed by atoms with Gasteiger partial charge in [-0.2, -0.15) is 9.65 Å². The van der Waals surface area contributed by atoms with Gasteiger partial charge in [0.1, 0.15) is 6.07 Å². The van der Waals surface area contributed by atoms with Gasteiger partial charge < -0.3 is 16.1 Å². The van der Waals surface area contributed by atoms with Crippen molar-refractivity contribution >= 4 is 33.9 Å². The topological polar surface area (TPSA) is 101 Å². The lowest BCUT2D eigenvalue weighted by molar-refractivity contribution is 0.260.